The molecule has 0 fully saturated rings. The lowest BCUT2D eigenvalue weighted by Crippen LogP contribution is -2.20. The maximum atomic E-state index is 13.4. The van der Waals surface area contributed by atoms with E-state index in [0.29, 0.717) is 24.5 Å². The summed E-state index contributed by atoms with van der Waals surface area (Å²) in [5.41, 5.74) is -0.423. The molecule has 1 aromatic carbocycles. The highest BCUT2D eigenvalue weighted by Gasteiger charge is 2.37. The number of halogens is 3. The maximum Gasteiger partial charge on any atom is 0.421 e. The number of aromatic nitrogens is 2. The highest BCUT2D eigenvalue weighted by Crippen LogP contribution is 2.38. The van der Waals surface area contributed by atoms with E-state index in [1.54, 1.807) is 31.2 Å². The largest absolute Gasteiger partial charge is 0.494 e. The first-order chi connectivity index (χ1) is 12.3. The van der Waals surface area contributed by atoms with Crippen LogP contribution in [0.25, 0.3) is 0 Å². The highest BCUT2D eigenvalue weighted by atomic mass is 19.4. The molecule has 0 saturated heterocycles. The minimum absolute atomic E-state index is 0.0878. The Morgan fingerprint density at radius 1 is 1.23 bits per heavy atom. The van der Waals surface area contributed by atoms with Crippen LogP contribution in [-0.4, -0.2) is 29.7 Å². The van der Waals surface area contributed by atoms with Crippen LogP contribution in [0.15, 0.2) is 30.5 Å². The Balaban J connectivity index is 2.46. The Bertz CT molecular complexity index is 738. The molecule has 1 heterocycles. The van der Waals surface area contributed by atoms with Crippen molar-refractivity contribution in [2.24, 2.45) is 0 Å². The van der Waals surface area contributed by atoms with Gasteiger partial charge in [0, 0.05) is 25.0 Å². The van der Waals surface area contributed by atoms with Gasteiger partial charge in [-0.3, -0.25) is 0 Å². The molecule has 1 atom stereocenters. The Hall–Kier alpha value is -2.51. The molecule has 0 bridgehead atoms. The lowest BCUT2D eigenvalue weighted by molar-refractivity contribution is -0.137. The van der Waals surface area contributed by atoms with Gasteiger partial charge in [0.1, 0.15) is 11.3 Å². The van der Waals surface area contributed by atoms with Gasteiger partial charge in [0.05, 0.1) is 12.7 Å². The number of rotatable bonds is 7. The van der Waals surface area contributed by atoms with Crippen LogP contribution in [0.4, 0.5) is 24.7 Å². The number of nitrogens with zero attached hydrogens (tertiary/aromatic N) is 3. The van der Waals surface area contributed by atoms with E-state index in [-0.39, 0.29) is 17.9 Å². The zero-order valence-electron chi connectivity index (χ0n) is 15.2. The number of benzene rings is 1. The summed E-state index contributed by atoms with van der Waals surface area (Å²) in [6, 6.07) is 6.70. The first-order valence-corrected chi connectivity index (χ1v) is 8.33. The van der Waals surface area contributed by atoms with Gasteiger partial charge in [-0.1, -0.05) is 13.0 Å². The molecular weight excluding hydrogens is 347 g/mol. The van der Waals surface area contributed by atoms with E-state index >= 15 is 0 Å². The SMILES string of the molecule is CCOc1cccc(N(C)c2nc(OC(C)CC)ncc2C(F)(F)F)c1. The summed E-state index contributed by atoms with van der Waals surface area (Å²) in [4.78, 5) is 9.07. The summed E-state index contributed by atoms with van der Waals surface area (Å²) in [5, 5.41) is 0. The van der Waals surface area contributed by atoms with Crippen molar-refractivity contribution >= 4 is 11.5 Å². The average molecular weight is 369 g/mol. The van der Waals surface area contributed by atoms with Crippen molar-refractivity contribution in [1.82, 2.24) is 9.97 Å². The molecule has 5 nitrogen and oxygen atoms in total. The molecule has 1 unspecified atom stereocenters. The quantitative estimate of drug-likeness (QED) is 0.699. The second-order valence-corrected chi connectivity index (χ2v) is 5.71. The smallest absolute Gasteiger partial charge is 0.421 e. The first-order valence-electron chi connectivity index (χ1n) is 8.33. The molecule has 0 radical (unpaired) electrons. The van der Waals surface area contributed by atoms with Gasteiger partial charge in [0.2, 0.25) is 0 Å². The summed E-state index contributed by atoms with van der Waals surface area (Å²) in [6.07, 6.45) is -3.35. The van der Waals surface area contributed by atoms with E-state index in [1.165, 1.54) is 11.9 Å². The van der Waals surface area contributed by atoms with Gasteiger partial charge in [0.15, 0.2) is 5.82 Å². The standard InChI is InChI=1S/C18H22F3N3O2/c1-5-12(3)26-17-22-11-15(18(19,20)21)16(23-17)24(4)13-8-7-9-14(10-13)25-6-2/h7-12H,5-6H2,1-4H3. The Morgan fingerprint density at radius 2 is 1.96 bits per heavy atom. The van der Waals surface area contributed by atoms with E-state index in [1.807, 2.05) is 13.8 Å². The van der Waals surface area contributed by atoms with E-state index in [0.717, 1.165) is 6.20 Å². The molecule has 0 spiro atoms. The molecule has 0 aliphatic rings. The van der Waals surface area contributed by atoms with E-state index in [4.69, 9.17) is 9.47 Å². The van der Waals surface area contributed by atoms with Gasteiger partial charge in [0.25, 0.3) is 0 Å². The predicted octanol–water partition coefficient (Wildman–Crippen LogP) is 4.84. The van der Waals surface area contributed by atoms with Crippen molar-refractivity contribution in [3.63, 3.8) is 0 Å². The first kappa shape index (κ1) is 19.8. The molecule has 142 valence electrons. The number of hydrogen-bond donors (Lipinski definition) is 0. The number of hydrogen-bond acceptors (Lipinski definition) is 5. The van der Waals surface area contributed by atoms with Crippen LogP contribution in [-0.2, 0) is 6.18 Å². The molecule has 0 aliphatic heterocycles. The normalized spacial score (nSPS) is 12.6. The summed E-state index contributed by atoms with van der Waals surface area (Å²) >= 11 is 0. The predicted molar refractivity (Wildman–Crippen MR) is 93.1 cm³/mol. The molecule has 8 heteroatoms. The number of alkyl halides is 3. The van der Waals surface area contributed by atoms with Gasteiger partial charge in [-0.2, -0.15) is 18.2 Å². The van der Waals surface area contributed by atoms with Crippen LogP contribution < -0.4 is 14.4 Å². The van der Waals surface area contributed by atoms with Gasteiger partial charge < -0.3 is 14.4 Å². The van der Waals surface area contributed by atoms with Crippen LogP contribution in [0.3, 0.4) is 0 Å². The summed E-state index contributed by atoms with van der Waals surface area (Å²) in [7, 11) is 1.51. The molecule has 1 aromatic heterocycles. The third-order valence-electron chi connectivity index (χ3n) is 3.77. The summed E-state index contributed by atoms with van der Waals surface area (Å²) in [5.74, 6) is 0.287. The van der Waals surface area contributed by atoms with Crippen molar-refractivity contribution in [1.29, 1.82) is 0 Å². The molecule has 2 aromatic rings. The van der Waals surface area contributed by atoms with Crippen LogP contribution in [0, 0.1) is 0 Å². The number of ether oxygens (including phenoxy) is 2. The van der Waals surface area contributed by atoms with Crippen LogP contribution in [0.2, 0.25) is 0 Å². The van der Waals surface area contributed by atoms with Crippen molar-refractivity contribution in [2.45, 2.75) is 39.5 Å². The monoisotopic (exact) mass is 369 g/mol. The van der Waals surface area contributed by atoms with Crippen LogP contribution in [0.5, 0.6) is 11.8 Å². The molecule has 2 rings (SSSR count). The van der Waals surface area contributed by atoms with Crippen LogP contribution in [0.1, 0.15) is 32.8 Å². The third-order valence-corrected chi connectivity index (χ3v) is 3.77. The lowest BCUT2D eigenvalue weighted by Gasteiger charge is -2.23. The average Bonchev–Trinajstić information content (AvgIpc) is 2.60. The summed E-state index contributed by atoms with van der Waals surface area (Å²) in [6.45, 7) is 6.00. The fraction of sp³-hybridized carbons (Fsp3) is 0.444. The minimum atomic E-state index is -4.59. The molecule has 0 N–H and O–H groups in total. The molecule has 0 amide bonds. The minimum Gasteiger partial charge on any atom is -0.494 e. The molecule has 26 heavy (non-hydrogen) atoms. The molecule has 0 saturated carbocycles. The zero-order valence-corrected chi connectivity index (χ0v) is 15.2. The van der Waals surface area contributed by atoms with Gasteiger partial charge in [-0.25, -0.2) is 4.98 Å². The molecule has 0 aliphatic carbocycles. The van der Waals surface area contributed by atoms with E-state index in [9.17, 15) is 13.2 Å². The van der Waals surface area contributed by atoms with E-state index < -0.39 is 11.7 Å². The highest BCUT2D eigenvalue weighted by molar-refractivity contribution is 5.64. The third kappa shape index (κ3) is 4.77. The van der Waals surface area contributed by atoms with Gasteiger partial charge in [-0.15, -0.1) is 0 Å². The topological polar surface area (TPSA) is 47.5 Å². The van der Waals surface area contributed by atoms with Crippen LogP contribution >= 0.6 is 0 Å². The van der Waals surface area contributed by atoms with Crippen molar-refractivity contribution < 1.29 is 22.6 Å². The van der Waals surface area contributed by atoms with Gasteiger partial charge >= 0.3 is 12.2 Å². The second kappa shape index (κ2) is 8.25. The fourth-order valence-electron chi connectivity index (χ4n) is 2.20. The van der Waals surface area contributed by atoms with Gasteiger partial charge in [-0.05, 0) is 32.4 Å². The fourth-order valence-corrected chi connectivity index (χ4v) is 2.20. The second-order valence-electron chi connectivity index (χ2n) is 5.71. The van der Waals surface area contributed by atoms with Crippen molar-refractivity contribution in [2.75, 3.05) is 18.6 Å². The summed E-state index contributed by atoms with van der Waals surface area (Å²) < 4.78 is 51.1. The Labute approximate surface area is 150 Å². The Kier molecular flexibility index (Phi) is 6.28. The van der Waals surface area contributed by atoms with Crippen molar-refractivity contribution in [3.8, 4) is 11.8 Å². The molecular formula is C18H22F3N3O2. The lowest BCUT2D eigenvalue weighted by atomic mass is 10.2. The zero-order chi connectivity index (χ0) is 19.3. The number of anilines is 2. The Morgan fingerprint density at radius 3 is 2.58 bits per heavy atom. The van der Waals surface area contributed by atoms with Crippen molar-refractivity contribution in [3.05, 3.63) is 36.0 Å². The van der Waals surface area contributed by atoms with E-state index in [2.05, 4.69) is 9.97 Å². The maximum absolute atomic E-state index is 13.4.